The van der Waals surface area contributed by atoms with E-state index in [4.69, 9.17) is 0 Å². The van der Waals surface area contributed by atoms with Crippen molar-refractivity contribution in [2.45, 2.75) is 46.8 Å². The van der Waals surface area contributed by atoms with Crippen molar-refractivity contribution in [1.82, 2.24) is 4.31 Å². The van der Waals surface area contributed by atoms with Gasteiger partial charge < -0.3 is 0 Å². The van der Waals surface area contributed by atoms with Gasteiger partial charge in [0, 0.05) is 13.1 Å². The van der Waals surface area contributed by atoms with Crippen LogP contribution in [-0.4, -0.2) is 31.6 Å². The Bertz CT molecular complexity index is 256. The maximum atomic E-state index is 12.0. The molecule has 0 aromatic carbocycles. The Labute approximate surface area is 97.9 Å². The summed E-state index contributed by atoms with van der Waals surface area (Å²) in [6.07, 6.45) is 0.673. The average molecular weight is 259 g/mol. The molecule has 6 heteroatoms. The summed E-state index contributed by atoms with van der Waals surface area (Å²) < 4.78 is 46.5. The lowest BCUT2D eigenvalue weighted by Gasteiger charge is -2.14. The molecule has 1 atom stereocenters. The monoisotopic (exact) mass is 259 g/mol. The van der Waals surface area contributed by atoms with Crippen molar-refractivity contribution in [3.05, 3.63) is 0 Å². The van der Waals surface area contributed by atoms with Gasteiger partial charge in [-0.2, -0.15) is 13.1 Å². The molecule has 0 spiro atoms. The highest BCUT2D eigenvalue weighted by Crippen LogP contribution is 2.21. The minimum atomic E-state index is -4.31. The van der Waals surface area contributed by atoms with E-state index >= 15 is 0 Å². The average Bonchev–Trinajstić information content (AvgIpc) is 2.71. The van der Waals surface area contributed by atoms with Crippen LogP contribution in [0.3, 0.4) is 0 Å². The highest BCUT2D eigenvalue weighted by atomic mass is 32.2. The number of hydrogen-bond donors (Lipinski definition) is 0. The van der Waals surface area contributed by atoms with Crippen molar-refractivity contribution in [3.63, 3.8) is 0 Å². The van der Waals surface area contributed by atoms with E-state index in [9.17, 15) is 17.2 Å². The minimum absolute atomic E-state index is 0.193. The summed E-state index contributed by atoms with van der Waals surface area (Å²) in [5, 5.41) is 0. The van der Waals surface area contributed by atoms with Crippen molar-refractivity contribution in [2.75, 3.05) is 13.1 Å². The molecule has 0 aromatic rings. The molecule has 1 fully saturated rings. The van der Waals surface area contributed by atoms with Crippen LogP contribution in [0.5, 0.6) is 0 Å². The molecule has 0 radical (unpaired) electrons. The number of nitrogens with zero attached hydrogens (tertiary/aromatic N) is 1. The first-order chi connectivity index (χ1) is 7.44. The topological polar surface area (TPSA) is 37.4 Å². The van der Waals surface area contributed by atoms with Crippen molar-refractivity contribution in [2.24, 2.45) is 5.92 Å². The van der Waals surface area contributed by atoms with Crippen LogP contribution in [0, 0.1) is 5.92 Å². The van der Waals surface area contributed by atoms with E-state index in [0.717, 1.165) is 4.31 Å². The Hall–Kier alpha value is -0.230. The van der Waals surface area contributed by atoms with Gasteiger partial charge in [0.1, 0.15) is 0 Å². The molecule has 3 nitrogen and oxygen atoms in total. The van der Waals surface area contributed by atoms with Gasteiger partial charge in [0.25, 0.3) is 10.0 Å². The summed E-state index contributed by atoms with van der Waals surface area (Å²) in [4.78, 5) is 0. The second-order valence-electron chi connectivity index (χ2n) is 3.06. The van der Waals surface area contributed by atoms with E-state index < -0.39 is 15.8 Å². The molecular formula is C10H23F2NO2S. The fourth-order valence-electron chi connectivity index (χ4n) is 1.24. The first-order valence-electron chi connectivity index (χ1n) is 5.71. The summed E-state index contributed by atoms with van der Waals surface area (Å²) in [5.41, 5.74) is 0. The maximum Gasteiger partial charge on any atom is 0.350 e. The van der Waals surface area contributed by atoms with Crippen LogP contribution in [0.1, 0.15) is 41.0 Å². The highest BCUT2D eigenvalue weighted by Gasteiger charge is 2.35. The minimum Gasteiger partial charge on any atom is -0.206 e. The van der Waals surface area contributed by atoms with E-state index in [1.54, 1.807) is 0 Å². The zero-order valence-electron chi connectivity index (χ0n) is 10.7. The van der Waals surface area contributed by atoms with Crippen molar-refractivity contribution in [3.8, 4) is 0 Å². The zero-order chi connectivity index (χ0) is 13.4. The summed E-state index contributed by atoms with van der Waals surface area (Å²) in [7, 11) is -4.31. The van der Waals surface area contributed by atoms with Gasteiger partial charge in [0.05, 0.1) is 0 Å². The SMILES string of the molecule is CC.CC.C[C@H]1CCN(S(=O)(=O)C(F)F)C1. The quantitative estimate of drug-likeness (QED) is 0.764. The number of halogens is 2. The lowest BCUT2D eigenvalue weighted by atomic mass is 10.2. The molecule has 0 bridgehead atoms. The molecule has 0 saturated carbocycles. The van der Waals surface area contributed by atoms with Crippen LogP contribution in [0.2, 0.25) is 0 Å². The van der Waals surface area contributed by atoms with Gasteiger partial charge in [-0.1, -0.05) is 34.6 Å². The van der Waals surface area contributed by atoms with Crippen LogP contribution < -0.4 is 0 Å². The van der Waals surface area contributed by atoms with E-state index in [0.29, 0.717) is 6.42 Å². The van der Waals surface area contributed by atoms with Gasteiger partial charge in [-0.05, 0) is 12.3 Å². The highest BCUT2D eigenvalue weighted by molar-refractivity contribution is 7.89. The van der Waals surface area contributed by atoms with Crippen molar-refractivity contribution in [1.29, 1.82) is 0 Å². The number of hydrogen-bond acceptors (Lipinski definition) is 2. The van der Waals surface area contributed by atoms with Gasteiger partial charge in [-0.25, -0.2) is 8.42 Å². The molecule has 100 valence electrons. The van der Waals surface area contributed by atoms with Crippen LogP contribution in [0.15, 0.2) is 0 Å². The van der Waals surface area contributed by atoms with E-state index in [1.807, 2.05) is 34.6 Å². The van der Waals surface area contributed by atoms with E-state index in [1.165, 1.54) is 0 Å². The Morgan fingerprint density at radius 2 is 1.62 bits per heavy atom. The number of rotatable bonds is 2. The molecule has 0 amide bonds. The normalized spacial score (nSPS) is 20.9. The molecule has 0 aromatic heterocycles. The standard InChI is InChI=1S/C6H11F2NO2S.2C2H6/c1-5-2-3-9(4-5)12(10,11)6(7)8;2*1-2/h5-6H,2-4H2,1H3;2*1-2H3/t5-;;/m0../s1. The third-order valence-corrected chi connectivity index (χ3v) is 3.47. The summed E-state index contributed by atoms with van der Waals surface area (Å²) in [5.74, 6) is -3.08. The molecule has 1 rings (SSSR count). The van der Waals surface area contributed by atoms with Crippen molar-refractivity contribution >= 4 is 10.0 Å². The molecule has 0 N–H and O–H groups in total. The lowest BCUT2D eigenvalue weighted by Crippen LogP contribution is -2.33. The summed E-state index contributed by atoms with van der Waals surface area (Å²) >= 11 is 0. The largest absolute Gasteiger partial charge is 0.350 e. The lowest BCUT2D eigenvalue weighted by molar-refractivity contribution is 0.222. The molecule has 1 aliphatic rings. The Kier molecular flexibility index (Phi) is 10.1. The van der Waals surface area contributed by atoms with Gasteiger partial charge >= 0.3 is 5.76 Å². The Balaban J connectivity index is 0. The number of alkyl halides is 2. The predicted molar refractivity (Wildman–Crippen MR) is 63.0 cm³/mol. The zero-order valence-corrected chi connectivity index (χ0v) is 11.5. The van der Waals surface area contributed by atoms with Gasteiger partial charge in [-0.15, -0.1) is 0 Å². The molecule has 0 aliphatic carbocycles. The van der Waals surface area contributed by atoms with Crippen molar-refractivity contribution < 1.29 is 17.2 Å². The molecule has 0 unspecified atom stereocenters. The fraction of sp³-hybridized carbons (Fsp3) is 1.00. The fourth-order valence-corrected chi connectivity index (χ4v) is 2.29. The van der Waals surface area contributed by atoms with Crippen LogP contribution in [0.4, 0.5) is 8.78 Å². The second kappa shape index (κ2) is 8.87. The predicted octanol–water partition coefficient (Wildman–Crippen LogP) is 2.93. The van der Waals surface area contributed by atoms with Gasteiger partial charge in [0.15, 0.2) is 0 Å². The van der Waals surface area contributed by atoms with Crippen LogP contribution in [0.25, 0.3) is 0 Å². The number of sulfonamides is 1. The molecule has 1 heterocycles. The smallest absolute Gasteiger partial charge is 0.206 e. The first-order valence-corrected chi connectivity index (χ1v) is 7.22. The first kappa shape index (κ1) is 18.1. The van der Waals surface area contributed by atoms with E-state index in [-0.39, 0.29) is 19.0 Å². The van der Waals surface area contributed by atoms with Gasteiger partial charge in [0.2, 0.25) is 0 Å². The third kappa shape index (κ3) is 5.21. The van der Waals surface area contributed by atoms with Crippen LogP contribution >= 0.6 is 0 Å². The molecule has 16 heavy (non-hydrogen) atoms. The Morgan fingerprint density at radius 3 is 1.88 bits per heavy atom. The Morgan fingerprint density at radius 1 is 1.19 bits per heavy atom. The second-order valence-corrected chi connectivity index (χ2v) is 4.96. The van der Waals surface area contributed by atoms with Gasteiger partial charge in [-0.3, -0.25) is 0 Å². The third-order valence-electron chi connectivity index (χ3n) is 1.97. The van der Waals surface area contributed by atoms with E-state index in [2.05, 4.69) is 0 Å². The summed E-state index contributed by atoms with van der Waals surface area (Å²) in [6.45, 7) is 10.3. The molecule has 1 saturated heterocycles. The maximum absolute atomic E-state index is 12.0. The molecular weight excluding hydrogens is 236 g/mol. The molecule has 1 aliphatic heterocycles. The van der Waals surface area contributed by atoms with Crippen LogP contribution in [-0.2, 0) is 10.0 Å². The summed E-state index contributed by atoms with van der Waals surface area (Å²) in [6, 6.07) is 0.